The molecule has 11 heavy (non-hydrogen) atoms. The molecule has 0 nitrogen and oxygen atoms in total. The van der Waals surface area contributed by atoms with Gasteiger partial charge < -0.3 is 0 Å². The van der Waals surface area contributed by atoms with Crippen molar-refractivity contribution in [2.45, 2.75) is 12.8 Å². The van der Waals surface area contributed by atoms with E-state index in [2.05, 4.69) is 30.3 Å². The minimum atomic E-state index is 0.921. The molecule has 0 spiro atoms. The Morgan fingerprint density at radius 1 is 1.18 bits per heavy atom. The second-order valence-electron chi connectivity index (χ2n) is 3.45. The maximum Gasteiger partial charge on any atom is -0.0121 e. The summed E-state index contributed by atoms with van der Waals surface area (Å²) in [7, 11) is 0. The van der Waals surface area contributed by atoms with Gasteiger partial charge in [0.05, 0.1) is 0 Å². The van der Waals surface area contributed by atoms with E-state index in [-0.39, 0.29) is 0 Å². The Balaban J connectivity index is 2.53. The normalized spacial score (nSPS) is 25.1. The molecular formula is C11H10. The van der Waals surface area contributed by atoms with Gasteiger partial charge in [0.25, 0.3) is 0 Å². The number of rotatable bonds is 0. The zero-order chi connectivity index (χ0) is 7.26. The third-order valence-electron chi connectivity index (χ3n) is 2.73. The van der Waals surface area contributed by atoms with Crippen LogP contribution in [0.3, 0.4) is 0 Å². The van der Waals surface area contributed by atoms with E-state index in [0.29, 0.717) is 0 Å². The molecular weight excluding hydrogens is 132 g/mol. The average Bonchev–Trinajstić information content (AvgIpc) is 2.83. The van der Waals surface area contributed by atoms with E-state index in [1.165, 1.54) is 23.3 Å². The summed E-state index contributed by atoms with van der Waals surface area (Å²) in [6.45, 7) is 0. The molecule has 3 rings (SSSR count). The van der Waals surface area contributed by atoms with Crippen LogP contribution < -0.4 is 10.4 Å². The fraction of sp³-hybridized carbons (Fsp3) is 0.273. The predicted octanol–water partition coefficient (Wildman–Crippen LogP) is 1.04. The van der Waals surface area contributed by atoms with Crippen molar-refractivity contribution in [1.29, 1.82) is 0 Å². The molecule has 2 aliphatic carbocycles. The summed E-state index contributed by atoms with van der Waals surface area (Å²) >= 11 is 0. The van der Waals surface area contributed by atoms with E-state index in [9.17, 15) is 0 Å². The van der Waals surface area contributed by atoms with Crippen LogP contribution in [0.15, 0.2) is 24.3 Å². The molecule has 1 saturated carbocycles. The first-order valence-corrected chi connectivity index (χ1v) is 4.23. The first-order valence-electron chi connectivity index (χ1n) is 4.23. The lowest BCUT2D eigenvalue weighted by molar-refractivity contribution is 0.929. The van der Waals surface area contributed by atoms with Crippen LogP contribution >= 0.6 is 0 Å². The largest absolute Gasteiger partial charge is 0.0761 e. The zero-order valence-electron chi connectivity index (χ0n) is 6.38. The minimum Gasteiger partial charge on any atom is -0.0761 e. The molecule has 0 aliphatic heterocycles. The van der Waals surface area contributed by atoms with Gasteiger partial charge in [0.1, 0.15) is 0 Å². The molecule has 0 heterocycles. The standard InChI is InChI=1S/C11H10/c1-2-4-10-8(3-1)5-6-9-7-11(9)10/h1-5,9H,6-7H2. The number of hydrogen-bond donors (Lipinski definition) is 0. The Hall–Kier alpha value is -1.04. The van der Waals surface area contributed by atoms with E-state index in [1.807, 2.05) is 0 Å². The fourth-order valence-corrected chi connectivity index (χ4v) is 2.00. The van der Waals surface area contributed by atoms with Gasteiger partial charge >= 0.3 is 0 Å². The summed E-state index contributed by atoms with van der Waals surface area (Å²) in [5, 5.41) is 2.97. The van der Waals surface area contributed by atoms with Gasteiger partial charge in [0, 0.05) is 0 Å². The highest BCUT2D eigenvalue weighted by Gasteiger charge is 2.30. The SMILES string of the molecule is C1=c2ccccc2=C2CC2C1. The van der Waals surface area contributed by atoms with Crippen molar-refractivity contribution in [3.8, 4) is 0 Å². The highest BCUT2D eigenvalue weighted by atomic mass is 14.3. The maximum atomic E-state index is 2.37. The van der Waals surface area contributed by atoms with Crippen molar-refractivity contribution in [3.05, 3.63) is 34.7 Å². The van der Waals surface area contributed by atoms with Gasteiger partial charge in [-0.25, -0.2) is 0 Å². The first-order chi connectivity index (χ1) is 5.45. The van der Waals surface area contributed by atoms with Crippen LogP contribution in [0.2, 0.25) is 0 Å². The Bertz CT molecular complexity index is 412. The molecule has 1 fully saturated rings. The molecule has 54 valence electrons. The monoisotopic (exact) mass is 142 g/mol. The summed E-state index contributed by atoms with van der Waals surface area (Å²) < 4.78 is 0. The Morgan fingerprint density at radius 2 is 2.09 bits per heavy atom. The van der Waals surface area contributed by atoms with Crippen molar-refractivity contribution in [1.82, 2.24) is 0 Å². The molecule has 0 saturated heterocycles. The van der Waals surface area contributed by atoms with E-state index in [1.54, 1.807) is 5.57 Å². The number of hydrogen-bond acceptors (Lipinski definition) is 0. The van der Waals surface area contributed by atoms with Crippen molar-refractivity contribution < 1.29 is 0 Å². The van der Waals surface area contributed by atoms with E-state index in [4.69, 9.17) is 0 Å². The molecule has 2 aliphatic rings. The molecule has 1 unspecified atom stereocenters. The van der Waals surface area contributed by atoms with Crippen LogP contribution in [0.25, 0.3) is 11.6 Å². The van der Waals surface area contributed by atoms with Crippen LogP contribution in [0.1, 0.15) is 12.8 Å². The van der Waals surface area contributed by atoms with Gasteiger partial charge in [0.2, 0.25) is 0 Å². The van der Waals surface area contributed by atoms with E-state index in [0.717, 1.165) is 5.92 Å². The van der Waals surface area contributed by atoms with Crippen LogP contribution in [0.5, 0.6) is 0 Å². The first kappa shape index (κ1) is 5.59. The molecule has 0 radical (unpaired) electrons. The summed E-state index contributed by atoms with van der Waals surface area (Å²) in [5.41, 5.74) is 1.70. The van der Waals surface area contributed by atoms with E-state index < -0.39 is 0 Å². The van der Waals surface area contributed by atoms with Gasteiger partial charge in [-0.05, 0) is 29.2 Å². The number of fused-ring (bicyclic) bond motifs is 2. The Morgan fingerprint density at radius 3 is 3.09 bits per heavy atom. The number of benzene rings is 1. The Labute approximate surface area is 65.9 Å². The van der Waals surface area contributed by atoms with E-state index >= 15 is 0 Å². The van der Waals surface area contributed by atoms with Gasteiger partial charge in [-0.3, -0.25) is 0 Å². The van der Waals surface area contributed by atoms with Crippen LogP contribution in [-0.4, -0.2) is 0 Å². The smallest absolute Gasteiger partial charge is 0.0121 e. The zero-order valence-corrected chi connectivity index (χ0v) is 6.38. The van der Waals surface area contributed by atoms with Crippen LogP contribution in [0, 0.1) is 5.92 Å². The summed E-state index contributed by atoms with van der Waals surface area (Å²) in [4.78, 5) is 0. The molecule has 0 amide bonds. The lowest BCUT2D eigenvalue weighted by atomic mass is 10.1. The van der Waals surface area contributed by atoms with Crippen molar-refractivity contribution in [2.75, 3.05) is 0 Å². The average molecular weight is 142 g/mol. The Kier molecular flexibility index (Phi) is 0.894. The van der Waals surface area contributed by atoms with Gasteiger partial charge in [-0.2, -0.15) is 0 Å². The van der Waals surface area contributed by atoms with Crippen molar-refractivity contribution >= 4 is 11.6 Å². The lowest BCUT2D eigenvalue weighted by Crippen LogP contribution is -2.25. The third kappa shape index (κ3) is 0.697. The van der Waals surface area contributed by atoms with Crippen molar-refractivity contribution in [3.63, 3.8) is 0 Å². The summed E-state index contributed by atoms with van der Waals surface area (Å²) in [6.07, 6.45) is 5.01. The molecule has 0 heteroatoms. The van der Waals surface area contributed by atoms with Crippen LogP contribution in [0.4, 0.5) is 0 Å². The third-order valence-corrected chi connectivity index (χ3v) is 2.73. The molecule has 1 atom stereocenters. The molecule has 1 aromatic rings. The quantitative estimate of drug-likeness (QED) is 0.507. The van der Waals surface area contributed by atoms with Gasteiger partial charge in [0.15, 0.2) is 0 Å². The molecule has 0 aromatic heterocycles. The fourth-order valence-electron chi connectivity index (χ4n) is 2.00. The van der Waals surface area contributed by atoms with Gasteiger partial charge in [-0.15, -0.1) is 0 Å². The summed E-state index contributed by atoms with van der Waals surface area (Å²) in [5.74, 6) is 0.921. The topological polar surface area (TPSA) is 0 Å². The van der Waals surface area contributed by atoms with Crippen molar-refractivity contribution in [2.24, 2.45) is 5.92 Å². The summed E-state index contributed by atoms with van der Waals surface area (Å²) in [6, 6.07) is 8.73. The highest BCUT2D eigenvalue weighted by molar-refractivity contribution is 5.66. The minimum absolute atomic E-state index is 0.921. The maximum absolute atomic E-state index is 2.37. The second-order valence-corrected chi connectivity index (χ2v) is 3.45. The molecule has 1 aromatic carbocycles. The van der Waals surface area contributed by atoms with Crippen LogP contribution in [-0.2, 0) is 0 Å². The second kappa shape index (κ2) is 1.76. The van der Waals surface area contributed by atoms with Gasteiger partial charge in [-0.1, -0.05) is 35.9 Å². The molecule has 0 bridgehead atoms. The lowest BCUT2D eigenvalue weighted by Gasteiger charge is -1.96. The highest BCUT2D eigenvalue weighted by Crippen LogP contribution is 2.41. The molecule has 0 N–H and O–H groups in total. The predicted molar refractivity (Wildman–Crippen MR) is 46.3 cm³/mol.